The lowest BCUT2D eigenvalue weighted by molar-refractivity contribution is 0.0600. The minimum absolute atomic E-state index is 0.0313. The summed E-state index contributed by atoms with van der Waals surface area (Å²) in [5, 5.41) is 0. The van der Waals surface area contributed by atoms with E-state index < -0.39 is 21.8 Å². The van der Waals surface area contributed by atoms with Gasteiger partial charge in [0.2, 0.25) is 0 Å². The second kappa shape index (κ2) is 5.66. The van der Waals surface area contributed by atoms with Crippen LogP contribution in [-0.2, 0) is 21.2 Å². The molecule has 0 bridgehead atoms. The van der Waals surface area contributed by atoms with Crippen molar-refractivity contribution < 1.29 is 22.3 Å². The summed E-state index contributed by atoms with van der Waals surface area (Å²) < 4.78 is 44.3. The largest absolute Gasteiger partial charge is 0.465 e. The Hall–Kier alpha value is -2.41. The average Bonchev–Trinajstić information content (AvgIpc) is 2.98. The van der Waals surface area contributed by atoms with Crippen molar-refractivity contribution in [1.29, 1.82) is 0 Å². The third kappa shape index (κ3) is 2.68. The third-order valence-corrected chi connectivity index (χ3v) is 5.58. The number of hydrogen-bond donors (Lipinski definition) is 0. The maximum atomic E-state index is 13.0. The van der Waals surface area contributed by atoms with Gasteiger partial charge in [-0.25, -0.2) is 17.6 Å². The number of sulfonamides is 1. The zero-order valence-corrected chi connectivity index (χ0v) is 13.1. The molecule has 0 saturated heterocycles. The number of benzene rings is 2. The number of halogens is 1. The Morgan fingerprint density at radius 3 is 2.52 bits per heavy atom. The summed E-state index contributed by atoms with van der Waals surface area (Å²) in [4.78, 5) is 11.6. The SMILES string of the molecule is COC(=O)c1ccc2c(c1)CCN2S(=O)(=O)c1ccc(F)cc1. The molecule has 0 aliphatic carbocycles. The van der Waals surface area contributed by atoms with E-state index in [-0.39, 0.29) is 11.4 Å². The molecule has 0 aromatic heterocycles. The number of esters is 1. The van der Waals surface area contributed by atoms with Gasteiger partial charge in [0.05, 0.1) is 23.3 Å². The van der Waals surface area contributed by atoms with Crippen LogP contribution in [-0.4, -0.2) is 28.0 Å². The van der Waals surface area contributed by atoms with Crippen LogP contribution in [0.25, 0.3) is 0 Å². The van der Waals surface area contributed by atoms with Gasteiger partial charge in [-0.1, -0.05) is 0 Å². The standard InChI is InChI=1S/C16H14FNO4S/c1-22-16(19)12-2-7-15-11(10-12)8-9-18(15)23(20,21)14-5-3-13(17)4-6-14/h2-7,10H,8-9H2,1H3. The number of anilines is 1. The van der Waals surface area contributed by atoms with E-state index in [1.165, 1.54) is 29.6 Å². The normalized spacial score (nSPS) is 13.7. The van der Waals surface area contributed by atoms with E-state index in [4.69, 9.17) is 0 Å². The first-order valence-corrected chi connectivity index (χ1v) is 8.37. The highest BCUT2D eigenvalue weighted by atomic mass is 32.2. The van der Waals surface area contributed by atoms with E-state index in [2.05, 4.69) is 4.74 Å². The lowest BCUT2D eigenvalue weighted by atomic mass is 10.1. The van der Waals surface area contributed by atoms with Gasteiger partial charge in [-0.2, -0.15) is 0 Å². The van der Waals surface area contributed by atoms with Crippen molar-refractivity contribution in [2.24, 2.45) is 0 Å². The van der Waals surface area contributed by atoms with Crippen LogP contribution in [0.2, 0.25) is 0 Å². The van der Waals surface area contributed by atoms with Crippen LogP contribution < -0.4 is 4.31 Å². The number of hydrogen-bond acceptors (Lipinski definition) is 4. The summed E-state index contributed by atoms with van der Waals surface area (Å²) in [6.45, 7) is 0.277. The van der Waals surface area contributed by atoms with E-state index in [9.17, 15) is 17.6 Å². The van der Waals surface area contributed by atoms with Crippen LogP contribution in [0.5, 0.6) is 0 Å². The summed E-state index contributed by atoms with van der Waals surface area (Å²) in [6, 6.07) is 9.48. The summed E-state index contributed by atoms with van der Waals surface area (Å²) >= 11 is 0. The van der Waals surface area contributed by atoms with Crippen LogP contribution in [0.4, 0.5) is 10.1 Å². The fraction of sp³-hybridized carbons (Fsp3) is 0.188. The number of rotatable bonds is 3. The van der Waals surface area contributed by atoms with Gasteiger partial charge in [0, 0.05) is 6.54 Å². The molecule has 7 heteroatoms. The number of nitrogens with zero attached hydrogens (tertiary/aromatic N) is 1. The molecule has 0 fully saturated rings. The first-order valence-electron chi connectivity index (χ1n) is 6.93. The Labute approximate surface area is 133 Å². The highest BCUT2D eigenvalue weighted by Crippen LogP contribution is 2.33. The number of carbonyl (C=O) groups excluding carboxylic acids is 1. The summed E-state index contributed by atoms with van der Waals surface area (Å²) in [7, 11) is -2.46. The molecule has 2 aromatic carbocycles. The van der Waals surface area contributed by atoms with Gasteiger partial charge in [-0.15, -0.1) is 0 Å². The Morgan fingerprint density at radius 1 is 1.17 bits per heavy atom. The van der Waals surface area contributed by atoms with E-state index in [0.717, 1.165) is 17.7 Å². The molecule has 23 heavy (non-hydrogen) atoms. The van der Waals surface area contributed by atoms with Crippen LogP contribution in [0.15, 0.2) is 47.4 Å². The summed E-state index contributed by atoms with van der Waals surface area (Å²) in [6.07, 6.45) is 0.501. The molecule has 0 N–H and O–H groups in total. The molecule has 0 unspecified atom stereocenters. The van der Waals surface area contributed by atoms with E-state index in [1.54, 1.807) is 12.1 Å². The molecular formula is C16H14FNO4S. The second-order valence-corrected chi connectivity index (χ2v) is 6.98. The van der Waals surface area contributed by atoms with Gasteiger partial charge < -0.3 is 4.74 Å². The molecule has 0 saturated carbocycles. The molecule has 3 rings (SSSR count). The predicted octanol–water partition coefficient (Wildman–Crippen LogP) is 2.36. The Balaban J connectivity index is 1.99. The molecule has 1 aliphatic rings. The maximum Gasteiger partial charge on any atom is 0.337 e. The number of carbonyl (C=O) groups is 1. The Morgan fingerprint density at radius 2 is 1.87 bits per heavy atom. The van der Waals surface area contributed by atoms with Crippen molar-refractivity contribution in [2.75, 3.05) is 18.0 Å². The monoisotopic (exact) mass is 335 g/mol. The van der Waals surface area contributed by atoms with Crippen LogP contribution in [0.1, 0.15) is 15.9 Å². The summed E-state index contributed by atoms with van der Waals surface area (Å²) in [5.74, 6) is -0.957. The number of fused-ring (bicyclic) bond motifs is 1. The van der Waals surface area contributed by atoms with Crippen LogP contribution in [0, 0.1) is 5.82 Å². The van der Waals surface area contributed by atoms with E-state index in [1.807, 2.05) is 0 Å². The maximum absolute atomic E-state index is 13.0. The molecule has 5 nitrogen and oxygen atoms in total. The smallest absolute Gasteiger partial charge is 0.337 e. The predicted molar refractivity (Wildman–Crippen MR) is 82.4 cm³/mol. The van der Waals surface area contributed by atoms with Crippen LogP contribution >= 0.6 is 0 Å². The van der Waals surface area contributed by atoms with Crippen molar-refractivity contribution >= 4 is 21.7 Å². The molecule has 0 amide bonds. The molecule has 1 heterocycles. The van der Waals surface area contributed by atoms with Crippen LogP contribution in [0.3, 0.4) is 0 Å². The van der Waals surface area contributed by atoms with Crippen molar-refractivity contribution in [3.8, 4) is 0 Å². The fourth-order valence-electron chi connectivity index (χ4n) is 2.60. The fourth-order valence-corrected chi connectivity index (χ4v) is 4.10. The molecule has 0 spiro atoms. The lowest BCUT2D eigenvalue weighted by Gasteiger charge is -2.19. The van der Waals surface area contributed by atoms with Gasteiger partial charge in [0.15, 0.2) is 0 Å². The highest BCUT2D eigenvalue weighted by Gasteiger charge is 2.31. The van der Waals surface area contributed by atoms with E-state index in [0.29, 0.717) is 17.7 Å². The topological polar surface area (TPSA) is 63.7 Å². The minimum Gasteiger partial charge on any atom is -0.465 e. The molecule has 2 aromatic rings. The average molecular weight is 335 g/mol. The molecule has 120 valence electrons. The van der Waals surface area contributed by atoms with Gasteiger partial charge in [-0.05, 0) is 54.4 Å². The third-order valence-electron chi connectivity index (χ3n) is 3.76. The zero-order valence-electron chi connectivity index (χ0n) is 12.3. The number of ether oxygens (including phenoxy) is 1. The highest BCUT2D eigenvalue weighted by molar-refractivity contribution is 7.92. The van der Waals surface area contributed by atoms with Gasteiger partial charge in [0.25, 0.3) is 10.0 Å². The lowest BCUT2D eigenvalue weighted by Crippen LogP contribution is -2.29. The first kappa shape index (κ1) is 15.5. The van der Waals surface area contributed by atoms with Gasteiger partial charge in [-0.3, -0.25) is 4.31 Å². The quantitative estimate of drug-likeness (QED) is 0.808. The van der Waals surface area contributed by atoms with Crippen molar-refractivity contribution in [3.63, 3.8) is 0 Å². The Kier molecular flexibility index (Phi) is 3.81. The summed E-state index contributed by atoms with van der Waals surface area (Å²) in [5.41, 5.74) is 1.67. The van der Waals surface area contributed by atoms with Gasteiger partial charge >= 0.3 is 5.97 Å². The first-order chi connectivity index (χ1) is 10.9. The van der Waals surface area contributed by atoms with E-state index >= 15 is 0 Å². The molecule has 1 aliphatic heterocycles. The molecule has 0 atom stereocenters. The van der Waals surface area contributed by atoms with Gasteiger partial charge in [0.1, 0.15) is 5.82 Å². The Bertz CT molecular complexity index is 862. The number of methoxy groups -OCH3 is 1. The molecular weight excluding hydrogens is 321 g/mol. The second-order valence-electron chi connectivity index (χ2n) is 5.12. The van der Waals surface area contributed by atoms with Crippen molar-refractivity contribution in [2.45, 2.75) is 11.3 Å². The van der Waals surface area contributed by atoms with Crippen molar-refractivity contribution in [3.05, 3.63) is 59.4 Å². The minimum atomic E-state index is -3.76. The van der Waals surface area contributed by atoms with Crippen molar-refractivity contribution in [1.82, 2.24) is 0 Å². The zero-order chi connectivity index (χ0) is 16.6. The molecule has 0 radical (unpaired) electrons.